The fraction of sp³-hybridized carbons (Fsp3) is 0. The van der Waals surface area contributed by atoms with Gasteiger partial charge in [0.15, 0.2) is 0 Å². The SMILES string of the molecule is O=C(/C=C/c1cccnc1)Nc1ccc(Nc2ccccc2)cc1. The predicted octanol–water partition coefficient (Wildman–Crippen LogP) is 4.48. The van der Waals surface area contributed by atoms with Crippen molar-refractivity contribution in [3.63, 3.8) is 0 Å². The number of hydrogen-bond acceptors (Lipinski definition) is 3. The molecule has 1 amide bonds. The first kappa shape index (κ1) is 15.5. The summed E-state index contributed by atoms with van der Waals surface area (Å²) < 4.78 is 0. The molecule has 4 heteroatoms. The Morgan fingerprint density at radius 1 is 0.833 bits per heavy atom. The van der Waals surface area contributed by atoms with E-state index >= 15 is 0 Å². The van der Waals surface area contributed by atoms with Crippen molar-refractivity contribution in [3.05, 3.63) is 90.8 Å². The number of nitrogens with one attached hydrogen (secondary N) is 2. The van der Waals surface area contributed by atoms with Crippen LogP contribution in [0.4, 0.5) is 17.1 Å². The number of pyridine rings is 1. The van der Waals surface area contributed by atoms with Crippen LogP contribution in [0.2, 0.25) is 0 Å². The highest BCUT2D eigenvalue weighted by atomic mass is 16.1. The molecule has 0 aliphatic heterocycles. The van der Waals surface area contributed by atoms with Crippen LogP contribution in [0.1, 0.15) is 5.56 Å². The molecular formula is C20H17N3O. The summed E-state index contributed by atoms with van der Waals surface area (Å²) in [4.78, 5) is 15.9. The molecule has 2 N–H and O–H groups in total. The average molecular weight is 315 g/mol. The monoisotopic (exact) mass is 315 g/mol. The number of para-hydroxylation sites is 1. The van der Waals surface area contributed by atoms with Crippen LogP contribution in [0.25, 0.3) is 6.08 Å². The topological polar surface area (TPSA) is 54.0 Å². The van der Waals surface area contributed by atoms with E-state index < -0.39 is 0 Å². The molecular weight excluding hydrogens is 298 g/mol. The second-order valence-corrected chi connectivity index (χ2v) is 5.18. The van der Waals surface area contributed by atoms with Gasteiger partial charge in [-0.2, -0.15) is 0 Å². The highest BCUT2D eigenvalue weighted by Gasteiger charge is 1.99. The number of aromatic nitrogens is 1. The van der Waals surface area contributed by atoms with E-state index in [1.165, 1.54) is 6.08 Å². The second kappa shape index (κ2) is 7.74. The number of carbonyl (C=O) groups excluding carboxylic acids is 1. The van der Waals surface area contributed by atoms with Crippen LogP contribution in [-0.4, -0.2) is 10.9 Å². The van der Waals surface area contributed by atoms with Crippen LogP contribution in [-0.2, 0) is 4.79 Å². The van der Waals surface area contributed by atoms with E-state index in [-0.39, 0.29) is 5.91 Å². The summed E-state index contributed by atoms with van der Waals surface area (Å²) in [6.45, 7) is 0. The van der Waals surface area contributed by atoms with Gasteiger partial charge in [0.1, 0.15) is 0 Å². The van der Waals surface area contributed by atoms with Crippen molar-refractivity contribution in [2.45, 2.75) is 0 Å². The van der Waals surface area contributed by atoms with Crippen molar-refractivity contribution in [3.8, 4) is 0 Å². The lowest BCUT2D eigenvalue weighted by atomic mass is 10.2. The summed E-state index contributed by atoms with van der Waals surface area (Å²) in [7, 11) is 0. The molecule has 3 rings (SSSR count). The normalized spacial score (nSPS) is 10.5. The molecule has 1 heterocycles. The van der Waals surface area contributed by atoms with Crippen LogP contribution >= 0.6 is 0 Å². The molecule has 0 fully saturated rings. The van der Waals surface area contributed by atoms with Crippen molar-refractivity contribution < 1.29 is 4.79 Å². The van der Waals surface area contributed by atoms with Crippen molar-refractivity contribution in [2.24, 2.45) is 0 Å². The summed E-state index contributed by atoms with van der Waals surface area (Å²) in [6.07, 6.45) is 6.62. The van der Waals surface area contributed by atoms with E-state index in [1.807, 2.05) is 66.7 Å². The number of amides is 1. The molecule has 0 aliphatic carbocycles. The number of nitrogens with zero attached hydrogens (tertiary/aromatic N) is 1. The van der Waals surface area contributed by atoms with Crippen LogP contribution in [0.3, 0.4) is 0 Å². The Morgan fingerprint density at radius 3 is 2.25 bits per heavy atom. The molecule has 118 valence electrons. The molecule has 0 aliphatic rings. The molecule has 1 aromatic heterocycles. The van der Waals surface area contributed by atoms with Crippen LogP contribution in [0, 0.1) is 0 Å². The van der Waals surface area contributed by atoms with E-state index in [1.54, 1.807) is 18.5 Å². The number of benzene rings is 2. The zero-order valence-electron chi connectivity index (χ0n) is 13.0. The maximum Gasteiger partial charge on any atom is 0.248 e. The zero-order chi connectivity index (χ0) is 16.6. The van der Waals surface area contributed by atoms with Gasteiger partial charge < -0.3 is 10.6 Å². The minimum absolute atomic E-state index is 0.178. The van der Waals surface area contributed by atoms with Gasteiger partial charge >= 0.3 is 0 Å². The molecule has 24 heavy (non-hydrogen) atoms. The lowest BCUT2D eigenvalue weighted by Gasteiger charge is -2.07. The minimum Gasteiger partial charge on any atom is -0.356 e. The summed E-state index contributed by atoms with van der Waals surface area (Å²) >= 11 is 0. The van der Waals surface area contributed by atoms with E-state index in [2.05, 4.69) is 15.6 Å². The van der Waals surface area contributed by atoms with Gasteiger partial charge in [-0.15, -0.1) is 0 Å². The van der Waals surface area contributed by atoms with Gasteiger partial charge in [-0.3, -0.25) is 9.78 Å². The Balaban J connectivity index is 1.58. The van der Waals surface area contributed by atoms with E-state index in [9.17, 15) is 4.79 Å². The van der Waals surface area contributed by atoms with E-state index in [0.29, 0.717) is 0 Å². The van der Waals surface area contributed by atoms with Gasteiger partial charge in [-0.25, -0.2) is 0 Å². The third-order valence-electron chi connectivity index (χ3n) is 3.33. The molecule has 0 saturated carbocycles. The first-order valence-corrected chi connectivity index (χ1v) is 7.61. The van der Waals surface area contributed by atoms with Gasteiger partial charge in [0.05, 0.1) is 0 Å². The van der Waals surface area contributed by atoms with Crippen molar-refractivity contribution in [1.29, 1.82) is 0 Å². The van der Waals surface area contributed by atoms with Crippen LogP contribution < -0.4 is 10.6 Å². The highest BCUT2D eigenvalue weighted by molar-refractivity contribution is 6.01. The van der Waals surface area contributed by atoms with Crippen molar-refractivity contribution in [1.82, 2.24) is 4.98 Å². The summed E-state index contributed by atoms with van der Waals surface area (Å²) in [5.41, 5.74) is 3.61. The Labute approximate surface area is 140 Å². The second-order valence-electron chi connectivity index (χ2n) is 5.18. The van der Waals surface area contributed by atoms with Crippen molar-refractivity contribution >= 4 is 29.0 Å². The first-order chi connectivity index (χ1) is 11.8. The zero-order valence-corrected chi connectivity index (χ0v) is 13.0. The van der Waals surface area contributed by atoms with Gasteiger partial charge in [0, 0.05) is 35.5 Å². The Hall–Kier alpha value is -3.40. The van der Waals surface area contributed by atoms with Gasteiger partial charge in [0.25, 0.3) is 0 Å². The van der Waals surface area contributed by atoms with Gasteiger partial charge in [-0.05, 0) is 54.1 Å². The molecule has 0 spiro atoms. The van der Waals surface area contributed by atoms with Gasteiger partial charge in [-0.1, -0.05) is 24.3 Å². The fourth-order valence-electron chi connectivity index (χ4n) is 2.16. The number of carbonyl (C=O) groups is 1. The molecule has 0 bridgehead atoms. The Bertz CT molecular complexity index is 813. The highest BCUT2D eigenvalue weighted by Crippen LogP contribution is 2.18. The third-order valence-corrected chi connectivity index (χ3v) is 3.33. The first-order valence-electron chi connectivity index (χ1n) is 7.61. The van der Waals surface area contributed by atoms with Gasteiger partial charge in [0.2, 0.25) is 5.91 Å². The largest absolute Gasteiger partial charge is 0.356 e. The molecule has 0 radical (unpaired) electrons. The summed E-state index contributed by atoms with van der Waals surface area (Å²) in [6, 6.07) is 21.2. The van der Waals surface area contributed by atoms with E-state index in [4.69, 9.17) is 0 Å². The maximum atomic E-state index is 11.9. The standard InChI is InChI=1S/C20H17N3O/c24-20(13-8-16-5-4-14-21-15-16)23-19-11-9-18(10-12-19)22-17-6-2-1-3-7-17/h1-15,22H,(H,23,24)/b13-8+. The molecule has 0 atom stereocenters. The Kier molecular flexibility index (Phi) is 5.00. The van der Waals surface area contributed by atoms with Crippen LogP contribution in [0.15, 0.2) is 85.2 Å². The van der Waals surface area contributed by atoms with E-state index in [0.717, 1.165) is 22.6 Å². The quantitative estimate of drug-likeness (QED) is 0.683. The molecule has 4 nitrogen and oxygen atoms in total. The summed E-state index contributed by atoms with van der Waals surface area (Å²) in [5.74, 6) is -0.178. The molecule has 2 aromatic carbocycles. The fourth-order valence-corrected chi connectivity index (χ4v) is 2.16. The predicted molar refractivity (Wildman–Crippen MR) is 98.1 cm³/mol. The lowest BCUT2D eigenvalue weighted by Crippen LogP contribution is -2.07. The molecule has 0 unspecified atom stereocenters. The molecule has 3 aromatic rings. The Morgan fingerprint density at radius 2 is 1.54 bits per heavy atom. The van der Waals surface area contributed by atoms with Crippen molar-refractivity contribution in [2.75, 3.05) is 10.6 Å². The maximum absolute atomic E-state index is 11.9. The summed E-state index contributed by atoms with van der Waals surface area (Å²) in [5, 5.41) is 6.13. The lowest BCUT2D eigenvalue weighted by molar-refractivity contribution is -0.111. The number of anilines is 3. The number of rotatable bonds is 5. The minimum atomic E-state index is -0.178. The smallest absolute Gasteiger partial charge is 0.248 e. The average Bonchev–Trinajstić information content (AvgIpc) is 2.63. The number of hydrogen-bond donors (Lipinski definition) is 2. The van der Waals surface area contributed by atoms with Crippen LogP contribution in [0.5, 0.6) is 0 Å². The third kappa shape index (κ3) is 4.55. The molecule has 0 saturated heterocycles.